The molecule has 0 amide bonds. The summed E-state index contributed by atoms with van der Waals surface area (Å²) in [5.74, 6) is -4.45. The number of alkyl halides is 8. The van der Waals surface area contributed by atoms with Crippen molar-refractivity contribution in [3.8, 4) is 5.75 Å². The summed E-state index contributed by atoms with van der Waals surface area (Å²) in [5.41, 5.74) is -3.82. The van der Waals surface area contributed by atoms with Crippen LogP contribution in [-0.2, 0) is 17.1 Å². The lowest BCUT2D eigenvalue weighted by Gasteiger charge is -2.17. The van der Waals surface area contributed by atoms with Crippen LogP contribution in [0.25, 0.3) is 0 Å². The predicted molar refractivity (Wildman–Crippen MR) is 49.7 cm³/mol. The fraction of sp³-hybridized carbons (Fsp3) is 0.300. The highest BCUT2D eigenvalue weighted by Gasteiger charge is 2.44. The summed E-state index contributed by atoms with van der Waals surface area (Å²) in [6, 6.07) is -0.635. The van der Waals surface area contributed by atoms with Gasteiger partial charge in [0.15, 0.2) is 0 Å². The van der Waals surface area contributed by atoms with Crippen molar-refractivity contribution in [2.24, 2.45) is 0 Å². The van der Waals surface area contributed by atoms with Gasteiger partial charge in [-0.1, -0.05) is 0 Å². The van der Waals surface area contributed by atoms with Crippen LogP contribution in [0.2, 0.25) is 0 Å². The Kier molecular flexibility index (Phi) is 4.08. The van der Waals surface area contributed by atoms with Crippen molar-refractivity contribution >= 4 is 5.97 Å². The Morgan fingerprint density at radius 3 is 1.52 bits per heavy atom. The van der Waals surface area contributed by atoms with Gasteiger partial charge < -0.3 is 9.84 Å². The average molecular weight is 324 g/mol. The fourth-order valence-electron chi connectivity index (χ4n) is 1.18. The smallest absolute Gasteiger partial charge is 0.474 e. The first-order valence-corrected chi connectivity index (χ1v) is 4.83. The molecule has 21 heavy (non-hydrogen) atoms. The number of halogens is 8. The molecule has 0 radical (unpaired) electrons. The minimum absolute atomic E-state index is 0.161. The highest BCUT2D eigenvalue weighted by atomic mass is 19.4. The maximum Gasteiger partial charge on any atom is 0.501 e. The molecule has 1 aromatic carbocycles. The molecule has 0 heterocycles. The second-order valence-corrected chi connectivity index (χ2v) is 3.67. The highest BCUT2D eigenvalue weighted by molar-refractivity contribution is 5.74. The van der Waals surface area contributed by atoms with E-state index in [0.717, 1.165) is 0 Å². The zero-order valence-corrected chi connectivity index (χ0v) is 9.52. The topological polar surface area (TPSA) is 46.5 Å². The van der Waals surface area contributed by atoms with Crippen molar-refractivity contribution in [3.05, 3.63) is 29.3 Å². The van der Waals surface area contributed by atoms with Gasteiger partial charge in [-0.25, -0.2) is 4.79 Å². The molecule has 1 aromatic rings. The number of carbonyl (C=O) groups is 1. The van der Waals surface area contributed by atoms with E-state index in [-0.39, 0.29) is 18.2 Å². The van der Waals surface area contributed by atoms with Crippen molar-refractivity contribution in [3.63, 3.8) is 0 Å². The monoisotopic (exact) mass is 324 g/mol. The number of rotatable bonds is 3. The van der Waals surface area contributed by atoms with Crippen molar-refractivity contribution in [2.75, 3.05) is 0 Å². The summed E-state index contributed by atoms with van der Waals surface area (Å²) < 4.78 is 103. The van der Waals surface area contributed by atoms with Crippen molar-refractivity contribution in [1.82, 2.24) is 0 Å². The average Bonchev–Trinajstić information content (AvgIpc) is 2.25. The van der Waals surface area contributed by atoms with Gasteiger partial charge in [0.25, 0.3) is 0 Å². The number of hydrogen-bond donors (Lipinski definition) is 1. The van der Waals surface area contributed by atoms with Gasteiger partial charge in [0.2, 0.25) is 0 Å². The first kappa shape index (κ1) is 17.0. The van der Waals surface area contributed by atoms with E-state index in [1.807, 2.05) is 0 Å². The van der Waals surface area contributed by atoms with Crippen LogP contribution in [0.3, 0.4) is 0 Å². The number of aliphatic carboxylic acids is 1. The molecule has 0 spiro atoms. The molecule has 11 heteroatoms. The van der Waals surface area contributed by atoms with Crippen LogP contribution in [0.1, 0.15) is 11.1 Å². The molecular formula is C10H4F8O3. The Bertz CT molecular complexity index is 514. The Morgan fingerprint density at radius 2 is 1.24 bits per heavy atom. The third-order valence-corrected chi connectivity index (χ3v) is 2.06. The molecule has 118 valence electrons. The molecule has 0 aliphatic rings. The molecule has 0 aromatic heterocycles. The maximum absolute atomic E-state index is 12.7. The maximum atomic E-state index is 12.7. The molecule has 0 bridgehead atoms. The minimum atomic E-state index is -5.27. The van der Waals surface area contributed by atoms with E-state index in [2.05, 4.69) is 4.74 Å². The van der Waals surface area contributed by atoms with Crippen molar-refractivity contribution in [1.29, 1.82) is 0 Å². The molecule has 1 rings (SSSR count). The van der Waals surface area contributed by atoms with Gasteiger partial charge in [-0.3, -0.25) is 0 Å². The number of benzene rings is 1. The summed E-state index contributed by atoms with van der Waals surface area (Å²) in [6.07, 6.45) is -15.5. The zero-order chi connectivity index (χ0) is 16.6. The van der Waals surface area contributed by atoms with Gasteiger partial charge in [-0.05, 0) is 18.2 Å². The molecule has 0 aliphatic carbocycles. The molecule has 0 aliphatic heterocycles. The van der Waals surface area contributed by atoms with Gasteiger partial charge in [0.05, 0.1) is 11.1 Å². The van der Waals surface area contributed by atoms with Crippen LogP contribution in [0.15, 0.2) is 18.2 Å². The second kappa shape index (κ2) is 5.04. The van der Waals surface area contributed by atoms with E-state index in [9.17, 15) is 39.9 Å². The van der Waals surface area contributed by atoms with Crippen LogP contribution in [0.5, 0.6) is 5.75 Å². The molecule has 1 N–H and O–H groups in total. The Morgan fingerprint density at radius 1 is 0.857 bits per heavy atom. The first-order chi connectivity index (χ1) is 9.23. The lowest BCUT2D eigenvalue weighted by atomic mass is 10.1. The third kappa shape index (κ3) is 4.20. The van der Waals surface area contributed by atoms with Crippen LogP contribution in [0.4, 0.5) is 35.1 Å². The van der Waals surface area contributed by atoms with Gasteiger partial charge in [0.1, 0.15) is 5.75 Å². The second-order valence-electron chi connectivity index (χ2n) is 3.67. The number of hydrogen-bond acceptors (Lipinski definition) is 2. The SMILES string of the molecule is O=C(O)C(F)(F)Oc1cc(C(F)(F)F)cc(C(F)(F)F)c1. The first-order valence-electron chi connectivity index (χ1n) is 4.83. The normalized spacial score (nSPS) is 13.1. The van der Waals surface area contributed by atoms with E-state index in [1.165, 1.54) is 0 Å². The van der Waals surface area contributed by atoms with Gasteiger partial charge in [-0.15, -0.1) is 0 Å². The third-order valence-electron chi connectivity index (χ3n) is 2.06. The van der Waals surface area contributed by atoms with Crippen LogP contribution in [0, 0.1) is 0 Å². The molecule has 0 atom stereocenters. The minimum Gasteiger partial charge on any atom is -0.474 e. The van der Waals surface area contributed by atoms with E-state index in [0.29, 0.717) is 0 Å². The van der Waals surface area contributed by atoms with E-state index < -0.39 is 41.3 Å². The van der Waals surface area contributed by atoms with Crippen LogP contribution < -0.4 is 4.74 Å². The summed E-state index contributed by atoms with van der Waals surface area (Å²) in [6.45, 7) is 0. The van der Waals surface area contributed by atoms with Crippen molar-refractivity contribution in [2.45, 2.75) is 18.5 Å². The Labute approximate surface area is 110 Å². The fourth-order valence-corrected chi connectivity index (χ4v) is 1.18. The molecular weight excluding hydrogens is 320 g/mol. The van der Waals surface area contributed by atoms with E-state index in [4.69, 9.17) is 5.11 Å². The number of carboxylic acid groups (broad SMARTS) is 1. The standard InChI is InChI=1S/C10H4F8O3/c11-8(12,13)4-1-5(9(14,15)16)3-6(2-4)21-10(17,18)7(19)20/h1-3H,(H,19,20). The lowest BCUT2D eigenvalue weighted by molar-refractivity contribution is -0.211. The summed E-state index contributed by atoms with van der Waals surface area (Å²) in [7, 11) is 0. The molecule has 0 unspecified atom stereocenters. The number of carboxylic acids is 1. The zero-order valence-electron chi connectivity index (χ0n) is 9.52. The van der Waals surface area contributed by atoms with Gasteiger partial charge in [-0.2, -0.15) is 35.1 Å². The van der Waals surface area contributed by atoms with Crippen molar-refractivity contribution < 1.29 is 49.8 Å². The largest absolute Gasteiger partial charge is 0.501 e. The quantitative estimate of drug-likeness (QED) is 0.861. The van der Waals surface area contributed by atoms with Crippen LogP contribution in [-0.4, -0.2) is 17.2 Å². The Hall–Kier alpha value is -2.07. The number of ether oxygens (including phenoxy) is 1. The van der Waals surface area contributed by atoms with E-state index in [1.54, 1.807) is 0 Å². The van der Waals surface area contributed by atoms with Gasteiger partial charge >= 0.3 is 24.4 Å². The predicted octanol–water partition coefficient (Wildman–Crippen LogP) is 3.78. The highest BCUT2D eigenvalue weighted by Crippen LogP contribution is 2.39. The summed E-state index contributed by atoms with van der Waals surface area (Å²) in [4.78, 5) is 10.1. The summed E-state index contributed by atoms with van der Waals surface area (Å²) in [5, 5.41) is 8.04. The molecule has 0 saturated heterocycles. The van der Waals surface area contributed by atoms with Gasteiger partial charge in [0, 0.05) is 0 Å². The molecule has 0 fully saturated rings. The van der Waals surface area contributed by atoms with Crippen LogP contribution >= 0.6 is 0 Å². The van der Waals surface area contributed by atoms with E-state index >= 15 is 0 Å². The molecule has 3 nitrogen and oxygen atoms in total. The lowest BCUT2D eigenvalue weighted by Crippen LogP contribution is -2.35. The molecule has 0 saturated carbocycles. The summed E-state index contributed by atoms with van der Waals surface area (Å²) >= 11 is 0. The Balaban J connectivity index is 3.36.